The summed E-state index contributed by atoms with van der Waals surface area (Å²) in [6.45, 7) is 3.35. The Bertz CT molecular complexity index is 910. The van der Waals surface area contributed by atoms with Crippen LogP contribution in [-0.4, -0.2) is 19.8 Å². The summed E-state index contributed by atoms with van der Waals surface area (Å²) in [6.07, 6.45) is 0. The molecule has 0 aliphatic heterocycles. The normalized spacial score (nSPS) is 13.6. The smallest absolute Gasteiger partial charge is 0.260 e. The predicted molar refractivity (Wildman–Crippen MR) is 89.2 cm³/mol. The Kier molecular flexibility index (Phi) is 3.94. The van der Waals surface area contributed by atoms with Crippen molar-refractivity contribution in [2.45, 2.75) is 26.0 Å². The second-order valence-corrected chi connectivity index (χ2v) is 5.91. The van der Waals surface area contributed by atoms with E-state index in [1.807, 2.05) is 0 Å². The van der Waals surface area contributed by atoms with Gasteiger partial charge < -0.3 is 19.9 Å². The van der Waals surface area contributed by atoms with Crippen LogP contribution in [0.25, 0.3) is 11.4 Å². The number of nitrogens with two attached hydrogens (primary N) is 1. The van der Waals surface area contributed by atoms with Gasteiger partial charge in [-0.2, -0.15) is 4.98 Å². The summed E-state index contributed by atoms with van der Waals surface area (Å²) < 4.78 is 6.67. The number of pyridine rings is 1. The molecule has 7 heteroatoms. The molecule has 2 aromatic heterocycles. The lowest BCUT2D eigenvalue weighted by Crippen LogP contribution is -2.34. The van der Waals surface area contributed by atoms with Crippen LogP contribution >= 0.6 is 0 Å². The number of hydrogen-bond acceptors (Lipinski definition) is 6. The molecule has 0 bridgehead atoms. The fourth-order valence-corrected chi connectivity index (χ4v) is 2.39. The van der Waals surface area contributed by atoms with Crippen molar-refractivity contribution in [2.75, 3.05) is 5.73 Å². The Balaban J connectivity index is 1.90. The number of nitrogens with zero attached hydrogens (tertiary/aromatic N) is 3. The molecule has 0 spiro atoms. The summed E-state index contributed by atoms with van der Waals surface area (Å²) in [5, 5.41) is 14.6. The molecule has 1 atom stereocenters. The van der Waals surface area contributed by atoms with Gasteiger partial charge in [-0.3, -0.25) is 4.79 Å². The average molecular weight is 326 g/mol. The minimum atomic E-state index is -1.48. The molecule has 0 radical (unpaired) electrons. The van der Waals surface area contributed by atoms with E-state index in [0.29, 0.717) is 11.5 Å². The van der Waals surface area contributed by atoms with Gasteiger partial charge in [-0.15, -0.1) is 0 Å². The Morgan fingerprint density at radius 3 is 2.62 bits per heavy atom. The molecule has 0 saturated carbocycles. The van der Waals surface area contributed by atoms with Crippen LogP contribution in [0, 0.1) is 6.92 Å². The summed E-state index contributed by atoms with van der Waals surface area (Å²) in [5.74, 6) is 0.395. The maximum absolute atomic E-state index is 12.0. The highest BCUT2D eigenvalue weighted by Gasteiger charge is 2.31. The van der Waals surface area contributed by atoms with E-state index < -0.39 is 5.60 Å². The van der Waals surface area contributed by atoms with Gasteiger partial charge in [0.05, 0.1) is 6.54 Å². The van der Waals surface area contributed by atoms with Gasteiger partial charge in [0.15, 0.2) is 5.60 Å². The number of aryl methyl sites for hydroxylation is 1. The van der Waals surface area contributed by atoms with Crippen molar-refractivity contribution in [2.24, 2.45) is 0 Å². The van der Waals surface area contributed by atoms with Gasteiger partial charge in [-0.1, -0.05) is 11.2 Å². The van der Waals surface area contributed by atoms with E-state index in [1.54, 1.807) is 43.3 Å². The standard InChI is InChI=1S/C17H18N4O3/c1-11-4-3-5-14(22)21(11)10-17(2,23)16-19-15(20-24-16)12-6-8-13(18)9-7-12/h3-9,23H,10,18H2,1-2H3. The molecule has 3 aromatic rings. The first-order valence-electron chi connectivity index (χ1n) is 7.46. The van der Waals surface area contributed by atoms with Gasteiger partial charge in [-0.05, 0) is 44.2 Å². The molecule has 0 saturated heterocycles. The van der Waals surface area contributed by atoms with Gasteiger partial charge in [0.1, 0.15) is 0 Å². The third-order valence-corrected chi connectivity index (χ3v) is 3.79. The zero-order chi connectivity index (χ0) is 17.3. The minimum absolute atomic E-state index is 0.0158. The molecular weight excluding hydrogens is 308 g/mol. The van der Waals surface area contributed by atoms with Crippen LogP contribution in [0.2, 0.25) is 0 Å². The van der Waals surface area contributed by atoms with E-state index in [2.05, 4.69) is 10.1 Å². The van der Waals surface area contributed by atoms with Crippen LogP contribution in [0.1, 0.15) is 18.5 Å². The molecule has 0 fully saturated rings. The zero-order valence-corrected chi connectivity index (χ0v) is 13.4. The Labute approximate surface area is 138 Å². The van der Waals surface area contributed by atoms with E-state index >= 15 is 0 Å². The molecule has 3 rings (SSSR count). The lowest BCUT2D eigenvalue weighted by atomic mass is 10.1. The van der Waals surface area contributed by atoms with Crippen molar-refractivity contribution in [1.82, 2.24) is 14.7 Å². The van der Waals surface area contributed by atoms with Crippen molar-refractivity contribution in [3.05, 3.63) is 64.4 Å². The van der Waals surface area contributed by atoms with Gasteiger partial charge in [0.25, 0.3) is 11.4 Å². The minimum Gasteiger partial charge on any atom is -0.399 e. The SMILES string of the molecule is Cc1cccc(=O)n1CC(C)(O)c1nc(-c2ccc(N)cc2)no1. The second kappa shape index (κ2) is 5.93. The molecule has 7 nitrogen and oxygen atoms in total. The molecule has 124 valence electrons. The fraction of sp³-hybridized carbons (Fsp3) is 0.235. The number of anilines is 1. The molecule has 1 unspecified atom stereocenters. The summed E-state index contributed by atoms with van der Waals surface area (Å²) in [7, 11) is 0. The van der Waals surface area contributed by atoms with Crippen molar-refractivity contribution >= 4 is 5.69 Å². The van der Waals surface area contributed by atoms with Gasteiger partial charge in [0, 0.05) is 23.0 Å². The van der Waals surface area contributed by atoms with Crippen LogP contribution in [0.5, 0.6) is 0 Å². The Morgan fingerprint density at radius 1 is 1.25 bits per heavy atom. The van der Waals surface area contributed by atoms with E-state index in [4.69, 9.17) is 10.3 Å². The van der Waals surface area contributed by atoms with Crippen LogP contribution in [0.4, 0.5) is 5.69 Å². The molecule has 0 amide bonds. The maximum atomic E-state index is 12.0. The summed E-state index contributed by atoms with van der Waals surface area (Å²) >= 11 is 0. The van der Waals surface area contributed by atoms with Gasteiger partial charge in [-0.25, -0.2) is 0 Å². The van der Waals surface area contributed by atoms with E-state index in [0.717, 1.165) is 11.3 Å². The first kappa shape index (κ1) is 15.9. The fourth-order valence-electron chi connectivity index (χ4n) is 2.39. The van der Waals surface area contributed by atoms with Crippen molar-refractivity contribution in [1.29, 1.82) is 0 Å². The highest BCUT2D eigenvalue weighted by molar-refractivity contribution is 5.58. The van der Waals surface area contributed by atoms with Crippen molar-refractivity contribution in [3.63, 3.8) is 0 Å². The number of nitrogen functional groups attached to an aromatic ring is 1. The van der Waals surface area contributed by atoms with E-state index in [-0.39, 0.29) is 18.0 Å². The monoisotopic (exact) mass is 326 g/mol. The molecular formula is C17H18N4O3. The predicted octanol–water partition coefficient (Wildman–Crippen LogP) is 1.70. The Hall–Kier alpha value is -2.93. The summed E-state index contributed by atoms with van der Waals surface area (Å²) in [4.78, 5) is 16.2. The summed E-state index contributed by atoms with van der Waals surface area (Å²) in [5.41, 5.74) is 6.07. The van der Waals surface area contributed by atoms with Crippen LogP contribution in [0.15, 0.2) is 51.8 Å². The maximum Gasteiger partial charge on any atom is 0.260 e. The van der Waals surface area contributed by atoms with Crippen LogP contribution in [0.3, 0.4) is 0 Å². The first-order valence-corrected chi connectivity index (χ1v) is 7.46. The highest BCUT2D eigenvalue weighted by atomic mass is 16.5. The molecule has 2 heterocycles. The highest BCUT2D eigenvalue weighted by Crippen LogP contribution is 2.24. The van der Waals surface area contributed by atoms with E-state index in [1.165, 1.54) is 17.6 Å². The molecule has 0 aliphatic carbocycles. The number of aliphatic hydroxyl groups is 1. The molecule has 24 heavy (non-hydrogen) atoms. The Morgan fingerprint density at radius 2 is 1.96 bits per heavy atom. The summed E-state index contributed by atoms with van der Waals surface area (Å²) in [6, 6.07) is 11.9. The molecule has 1 aromatic carbocycles. The first-order chi connectivity index (χ1) is 11.4. The lowest BCUT2D eigenvalue weighted by Gasteiger charge is -2.21. The third-order valence-electron chi connectivity index (χ3n) is 3.79. The number of benzene rings is 1. The molecule has 3 N–H and O–H groups in total. The lowest BCUT2D eigenvalue weighted by molar-refractivity contribution is 0.00479. The van der Waals surface area contributed by atoms with Gasteiger partial charge >= 0.3 is 0 Å². The number of aromatic nitrogens is 3. The van der Waals surface area contributed by atoms with Gasteiger partial charge in [0.2, 0.25) is 5.82 Å². The second-order valence-electron chi connectivity index (χ2n) is 5.91. The third kappa shape index (κ3) is 3.07. The number of rotatable bonds is 4. The van der Waals surface area contributed by atoms with Crippen LogP contribution in [-0.2, 0) is 12.1 Å². The molecule has 0 aliphatic rings. The van der Waals surface area contributed by atoms with Crippen LogP contribution < -0.4 is 11.3 Å². The largest absolute Gasteiger partial charge is 0.399 e. The quantitative estimate of drug-likeness (QED) is 0.707. The van der Waals surface area contributed by atoms with Crippen molar-refractivity contribution in [3.8, 4) is 11.4 Å². The zero-order valence-electron chi connectivity index (χ0n) is 13.4. The topological polar surface area (TPSA) is 107 Å². The van der Waals surface area contributed by atoms with Crippen molar-refractivity contribution < 1.29 is 9.63 Å². The van der Waals surface area contributed by atoms with E-state index in [9.17, 15) is 9.90 Å². The average Bonchev–Trinajstić information content (AvgIpc) is 3.03. The number of hydrogen-bond donors (Lipinski definition) is 2.